The second-order valence-corrected chi connectivity index (χ2v) is 7.71. The maximum Gasteiger partial charge on any atom is 0.248 e. The Kier molecular flexibility index (Phi) is 4.69. The minimum Gasteiger partial charge on any atom is -0.352 e. The number of nitrogens with zero attached hydrogens (tertiary/aromatic N) is 5. The van der Waals surface area contributed by atoms with Crippen LogP contribution in [0, 0.1) is 0 Å². The van der Waals surface area contributed by atoms with E-state index in [1.54, 1.807) is 12.4 Å². The fourth-order valence-electron chi connectivity index (χ4n) is 4.25. The molecule has 2 aliphatic rings. The fourth-order valence-corrected chi connectivity index (χ4v) is 4.45. The Morgan fingerprint density at radius 1 is 1.15 bits per heavy atom. The second-order valence-electron chi connectivity index (χ2n) is 7.36. The Morgan fingerprint density at radius 3 is 2.65 bits per heavy atom. The maximum absolute atomic E-state index is 13.4. The number of aromatic nitrogens is 3. The van der Waals surface area contributed by atoms with Crippen LogP contribution in [-0.4, -0.2) is 57.7 Å². The van der Waals surface area contributed by atoms with E-state index in [4.69, 9.17) is 11.6 Å². The first-order chi connectivity index (χ1) is 12.4. The highest BCUT2D eigenvalue weighted by molar-refractivity contribution is 6.34. The molecule has 140 valence electrons. The predicted octanol–water partition coefficient (Wildman–Crippen LogP) is 3.77. The first kappa shape index (κ1) is 17.8. The van der Waals surface area contributed by atoms with Crippen molar-refractivity contribution in [2.45, 2.75) is 50.6 Å². The molecule has 4 rings (SSSR count). The standard InChI is InChI=1S/C18H22ClF2N5/c1-12-11-25(8-9-26(12)13-2-5-18(20,21)6-3-13)17-15-10-22-7-4-14(15)16(19)23-24-17/h4,7,10,12-13H,2-3,5-6,8-9,11H2,1H3. The number of fused-ring (bicyclic) bond motifs is 1. The Bertz CT molecular complexity index is 792. The van der Waals surface area contributed by atoms with Crippen LogP contribution in [0.1, 0.15) is 32.6 Å². The number of hydrogen-bond acceptors (Lipinski definition) is 5. The third-order valence-electron chi connectivity index (χ3n) is 5.65. The van der Waals surface area contributed by atoms with Crippen molar-refractivity contribution in [1.82, 2.24) is 20.1 Å². The van der Waals surface area contributed by atoms with Crippen molar-refractivity contribution in [1.29, 1.82) is 0 Å². The minimum atomic E-state index is -2.48. The molecule has 1 atom stereocenters. The summed E-state index contributed by atoms with van der Waals surface area (Å²) in [5.74, 6) is -1.69. The van der Waals surface area contributed by atoms with Crippen molar-refractivity contribution in [2.75, 3.05) is 24.5 Å². The van der Waals surface area contributed by atoms with Crippen molar-refractivity contribution in [3.8, 4) is 0 Å². The molecule has 0 spiro atoms. The topological polar surface area (TPSA) is 45.2 Å². The van der Waals surface area contributed by atoms with E-state index < -0.39 is 5.92 Å². The van der Waals surface area contributed by atoms with E-state index in [0.717, 1.165) is 36.2 Å². The smallest absolute Gasteiger partial charge is 0.248 e. The van der Waals surface area contributed by atoms with Gasteiger partial charge in [0, 0.05) is 67.7 Å². The van der Waals surface area contributed by atoms with Gasteiger partial charge in [-0.1, -0.05) is 11.6 Å². The molecule has 0 amide bonds. The number of anilines is 1. The molecular weight excluding hydrogens is 360 g/mol. The summed E-state index contributed by atoms with van der Waals surface area (Å²) in [5.41, 5.74) is 0. The first-order valence-corrected chi connectivity index (χ1v) is 9.47. The number of halogens is 3. The maximum atomic E-state index is 13.4. The molecule has 1 unspecified atom stereocenters. The zero-order valence-corrected chi connectivity index (χ0v) is 15.5. The zero-order chi connectivity index (χ0) is 18.3. The average molecular weight is 382 g/mol. The van der Waals surface area contributed by atoms with E-state index >= 15 is 0 Å². The normalized spacial score (nSPS) is 24.9. The lowest BCUT2D eigenvalue weighted by atomic mass is 9.90. The Hall–Kier alpha value is -1.60. The van der Waals surface area contributed by atoms with Gasteiger partial charge in [0.15, 0.2) is 11.0 Å². The van der Waals surface area contributed by atoms with Gasteiger partial charge in [0.25, 0.3) is 0 Å². The quantitative estimate of drug-likeness (QED) is 0.792. The number of alkyl halides is 2. The molecule has 3 heterocycles. The molecule has 0 bridgehead atoms. The fraction of sp³-hybridized carbons (Fsp3) is 0.611. The number of rotatable bonds is 2. The predicted molar refractivity (Wildman–Crippen MR) is 97.9 cm³/mol. The van der Waals surface area contributed by atoms with Crippen LogP contribution in [0.4, 0.5) is 14.6 Å². The zero-order valence-electron chi connectivity index (χ0n) is 14.7. The molecule has 5 nitrogen and oxygen atoms in total. The van der Waals surface area contributed by atoms with Crippen LogP contribution in [0.25, 0.3) is 10.8 Å². The van der Waals surface area contributed by atoms with Crippen molar-refractivity contribution in [3.05, 3.63) is 23.6 Å². The van der Waals surface area contributed by atoms with Gasteiger partial charge in [0.2, 0.25) is 5.92 Å². The Labute approximate surface area is 156 Å². The highest BCUT2D eigenvalue weighted by Crippen LogP contribution is 2.36. The third-order valence-corrected chi connectivity index (χ3v) is 5.93. The molecule has 1 aliphatic heterocycles. The highest BCUT2D eigenvalue weighted by atomic mass is 35.5. The van der Waals surface area contributed by atoms with Gasteiger partial charge in [-0.2, -0.15) is 0 Å². The summed E-state index contributed by atoms with van der Waals surface area (Å²) >= 11 is 6.15. The molecule has 0 aromatic carbocycles. The summed E-state index contributed by atoms with van der Waals surface area (Å²) in [7, 11) is 0. The van der Waals surface area contributed by atoms with Crippen LogP contribution in [0.3, 0.4) is 0 Å². The summed E-state index contributed by atoms with van der Waals surface area (Å²) in [6.07, 6.45) is 4.62. The van der Waals surface area contributed by atoms with Gasteiger partial charge in [-0.25, -0.2) is 8.78 Å². The first-order valence-electron chi connectivity index (χ1n) is 9.09. The van der Waals surface area contributed by atoms with Gasteiger partial charge in [0.05, 0.1) is 0 Å². The van der Waals surface area contributed by atoms with Crippen molar-refractivity contribution in [3.63, 3.8) is 0 Å². The summed E-state index contributed by atoms with van der Waals surface area (Å²) in [6, 6.07) is 2.36. The van der Waals surface area contributed by atoms with E-state index in [0.29, 0.717) is 18.0 Å². The van der Waals surface area contributed by atoms with Gasteiger partial charge in [-0.15, -0.1) is 10.2 Å². The molecule has 0 N–H and O–H groups in total. The van der Waals surface area contributed by atoms with Crippen LogP contribution in [0.15, 0.2) is 18.5 Å². The summed E-state index contributed by atoms with van der Waals surface area (Å²) in [5, 5.41) is 10.5. The van der Waals surface area contributed by atoms with Crippen LogP contribution in [0.5, 0.6) is 0 Å². The van der Waals surface area contributed by atoms with Gasteiger partial charge < -0.3 is 4.90 Å². The lowest BCUT2D eigenvalue weighted by molar-refractivity contribution is -0.0586. The van der Waals surface area contributed by atoms with Gasteiger partial charge in [-0.05, 0) is 25.8 Å². The van der Waals surface area contributed by atoms with Crippen LogP contribution < -0.4 is 4.90 Å². The third kappa shape index (κ3) is 3.34. The lowest BCUT2D eigenvalue weighted by Gasteiger charge is -2.46. The van der Waals surface area contributed by atoms with E-state index in [1.165, 1.54) is 0 Å². The van der Waals surface area contributed by atoms with Gasteiger partial charge in [-0.3, -0.25) is 9.88 Å². The Balaban J connectivity index is 1.50. The number of piperazine rings is 1. The molecule has 1 saturated carbocycles. The monoisotopic (exact) mass is 381 g/mol. The van der Waals surface area contributed by atoms with Crippen molar-refractivity contribution < 1.29 is 8.78 Å². The average Bonchev–Trinajstić information content (AvgIpc) is 2.63. The molecule has 0 radical (unpaired) electrons. The SMILES string of the molecule is CC1CN(c2nnc(Cl)c3ccncc23)CCN1C1CCC(F)(F)CC1. The molecule has 1 saturated heterocycles. The minimum absolute atomic E-state index is 0.00354. The molecule has 2 fully saturated rings. The number of hydrogen-bond donors (Lipinski definition) is 0. The van der Waals surface area contributed by atoms with Crippen molar-refractivity contribution >= 4 is 28.2 Å². The largest absolute Gasteiger partial charge is 0.352 e. The van der Waals surface area contributed by atoms with Gasteiger partial charge >= 0.3 is 0 Å². The van der Waals surface area contributed by atoms with E-state index in [1.807, 2.05) is 6.07 Å². The molecule has 8 heteroatoms. The molecule has 2 aromatic heterocycles. The van der Waals surface area contributed by atoms with Crippen LogP contribution in [0.2, 0.25) is 5.15 Å². The second kappa shape index (κ2) is 6.85. The lowest BCUT2D eigenvalue weighted by Crippen LogP contribution is -2.56. The number of pyridine rings is 1. The summed E-state index contributed by atoms with van der Waals surface area (Å²) < 4.78 is 26.9. The van der Waals surface area contributed by atoms with E-state index in [-0.39, 0.29) is 24.9 Å². The molecule has 1 aliphatic carbocycles. The van der Waals surface area contributed by atoms with E-state index in [2.05, 4.69) is 31.9 Å². The van der Waals surface area contributed by atoms with Crippen LogP contribution in [-0.2, 0) is 0 Å². The molecule has 26 heavy (non-hydrogen) atoms. The highest BCUT2D eigenvalue weighted by Gasteiger charge is 2.39. The summed E-state index contributed by atoms with van der Waals surface area (Å²) in [6.45, 7) is 4.57. The van der Waals surface area contributed by atoms with Crippen LogP contribution >= 0.6 is 11.6 Å². The van der Waals surface area contributed by atoms with E-state index in [9.17, 15) is 8.78 Å². The molecule has 2 aromatic rings. The Morgan fingerprint density at radius 2 is 1.92 bits per heavy atom. The van der Waals surface area contributed by atoms with Gasteiger partial charge in [0.1, 0.15) is 0 Å². The molecular formula is C18H22ClF2N5. The van der Waals surface area contributed by atoms with Crippen molar-refractivity contribution in [2.24, 2.45) is 0 Å². The summed E-state index contributed by atoms with van der Waals surface area (Å²) in [4.78, 5) is 8.78.